The van der Waals surface area contributed by atoms with Gasteiger partial charge in [-0.15, -0.1) is 0 Å². The molecular weight excluding hydrogens is 224 g/mol. The lowest BCUT2D eigenvalue weighted by Crippen LogP contribution is -2.12. The molecule has 0 amide bonds. The molecule has 0 fully saturated rings. The van der Waals surface area contributed by atoms with Gasteiger partial charge in [0.2, 0.25) is 9.84 Å². The molecule has 0 saturated heterocycles. The average Bonchev–Trinajstić information content (AvgIpc) is 2.17. The third kappa shape index (κ3) is 2.39. The molecule has 16 heavy (non-hydrogen) atoms. The Morgan fingerprint density at radius 1 is 1.00 bits per heavy atom. The number of ketones is 1. The second kappa shape index (κ2) is 4.61. The Morgan fingerprint density at radius 2 is 1.50 bits per heavy atom. The molecule has 0 saturated carbocycles. The maximum Gasteiger partial charge on any atom is 0.210 e. The molecule has 0 aliphatic heterocycles. The van der Waals surface area contributed by atoms with Gasteiger partial charge in [-0.25, -0.2) is 8.42 Å². The molecule has 1 rings (SSSR count). The predicted octanol–water partition coefficient (Wildman–Crippen LogP) is 2.34. The Morgan fingerprint density at radius 3 is 1.88 bits per heavy atom. The van der Waals surface area contributed by atoms with Gasteiger partial charge in [0.1, 0.15) is 4.91 Å². The van der Waals surface area contributed by atoms with Crippen LogP contribution in [0.4, 0.5) is 0 Å². The monoisotopic (exact) mass is 238 g/mol. The molecule has 0 aliphatic carbocycles. The molecule has 0 atom stereocenters. The summed E-state index contributed by atoms with van der Waals surface area (Å²) < 4.78 is 24.3. The molecule has 4 heteroatoms. The number of benzene rings is 1. The quantitative estimate of drug-likeness (QED) is 0.759. The van der Waals surface area contributed by atoms with E-state index in [4.69, 9.17) is 0 Å². The summed E-state index contributed by atoms with van der Waals surface area (Å²) in [4.78, 5) is 11.4. The normalized spacial score (nSPS) is 10.9. The van der Waals surface area contributed by atoms with Crippen molar-refractivity contribution in [2.24, 2.45) is 0 Å². The predicted molar refractivity (Wildman–Crippen MR) is 62.7 cm³/mol. The van der Waals surface area contributed by atoms with Crippen LogP contribution in [-0.4, -0.2) is 14.2 Å². The van der Waals surface area contributed by atoms with Gasteiger partial charge in [-0.1, -0.05) is 23.8 Å². The fourth-order valence-corrected chi connectivity index (χ4v) is 3.19. The smallest absolute Gasteiger partial charge is 0.210 e. The first-order chi connectivity index (χ1) is 7.37. The number of rotatable bonds is 3. The summed E-state index contributed by atoms with van der Waals surface area (Å²) in [6.07, 6.45) is 0. The number of hydrogen-bond acceptors (Lipinski definition) is 3. The Kier molecular flexibility index (Phi) is 3.65. The fourth-order valence-electron chi connectivity index (χ4n) is 1.53. The van der Waals surface area contributed by atoms with Gasteiger partial charge in [0.15, 0.2) is 5.78 Å². The minimum atomic E-state index is -3.67. The van der Waals surface area contributed by atoms with Crippen molar-refractivity contribution in [3.05, 3.63) is 40.8 Å². The van der Waals surface area contributed by atoms with Gasteiger partial charge in [-0.3, -0.25) is 4.79 Å². The van der Waals surface area contributed by atoms with Crippen LogP contribution in [0.15, 0.2) is 45.7 Å². The van der Waals surface area contributed by atoms with Crippen LogP contribution < -0.4 is 0 Å². The molecule has 86 valence electrons. The van der Waals surface area contributed by atoms with Crippen LogP contribution in [0.25, 0.3) is 0 Å². The largest absolute Gasteiger partial charge is 0.294 e. The van der Waals surface area contributed by atoms with Crippen molar-refractivity contribution in [2.45, 2.75) is 25.7 Å². The van der Waals surface area contributed by atoms with Gasteiger partial charge >= 0.3 is 0 Å². The SMILES string of the molecule is CC(=O)C(=C(C)C)S(=O)(=O)c1ccccc1. The van der Waals surface area contributed by atoms with E-state index in [1.165, 1.54) is 19.1 Å². The first kappa shape index (κ1) is 12.6. The van der Waals surface area contributed by atoms with E-state index < -0.39 is 15.6 Å². The highest BCUT2D eigenvalue weighted by molar-refractivity contribution is 7.96. The summed E-state index contributed by atoms with van der Waals surface area (Å²) in [7, 11) is -3.67. The maximum atomic E-state index is 12.1. The van der Waals surface area contributed by atoms with Gasteiger partial charge < -0.3 is 0 Å². The number of carbonyl (C=O) groups excluding carboxylic acids is 1. The second-order valence-electron chi connectivity index (χ2n) is 3.70. The van der Waals surface area contributed by atoms with Gasteiger partial charge in [0.05, 0.1) is 4.90 Å². The van der Waals surface area contributed by atoms with Crippen LogP contribution in [0.5, 0.6) is 0 Å². The van der Waals surface area contributed by atoms with E-state index in [1.807, 2.05) is 0 Å². The zero-order valence-corrected chi connectivity index (χ0v) is 10.3. The Labute approximate surface area is 95.7 Å². The lowest BCUT2D eigenvalue weighted by atomic mass is 10.3. The van der Waals surface area contributed by atoms with Crippen molar-refractivity contribution in [1.82, 2.24) is 0 Å². The molecular formula is C12H14O3S. The molecule has 1 aromatic rings. The van der Waals surface area contributed by atoms with Crippen molar-refractivity contribution in [3.63, 3.8) is 0 Å². The summed E-state index contributed by atoms with van der Waals surface area (Å²) in [6.45, 7) is 4.51. The molecule has 0 unspecified atom stereocenters. The van der Waals surface area contributed by atoms with E-state index in [2.05, 4.69) is 0 Å². The Hall–Kier alpha value is -1.42. The zero-order chi connectivity index (χ0) is 12.3. The number of hydrogen-bond donors (Lipinski definition) is 0. The highest BCUT2D eigenvalue weighted by atomic mass is 32.2. The van der Waals surface area contributed by atoms with Crippen LogP contribution in [0, 0.1) is 0 Å². The highest BCUT2D eigenvalue weighted by Crippen LogP contribution is 2.22. The van der Waals surface area contributed by atoms with E-state index in [0.717, 1.165) is 0 Å². The van der Waals surface area contributed by atoms with Gasteiger partial charge in [-0.05, 0) is 32.9 Å². The lowest BCUT2D eigenvalue weighted by molar-refractivity contribution is -0.113. The number of sulfone groups is 1. The molecule has 0 radical (unpaired) electrons. The van der Waals surface area contributed by atoms with E-state index >= 15 is 0 Å². The number of Topliss-reactive ketones (excluding diaryl/α,β-unsaturated/α-hetero) is 1. The maximum absolute atomic E-state index is 12.1. The summed E-state index contributed by atoms with van der Waals surface area (Å²) >= 11 is 0. The fraction of sp³-hybridized carbons (Fsp3) is 0.250. The third-order valence-corrected chi connectivity index (χ3v) is 4.22. The molecule has 0 bridgehead atoms. The molecule has 0 spiro atoms. The topological polar surface area (TPSA) is 51.2 Å². The molecule has 0 aromatic heterocycles. The highest BCUT2D eigenvalue weighted by Gasteiger charge is 2.24. The Balaban J connectivity index is 3.44. The second-order valence-corrected chi connectivity index (χ2v) is 5.59. The molecule has 0 N–H and O–H groups in total. The molecule has 1 aromatic carbocycles. The first-order valence-electron chi connectivity index (χ1n) is 4.86. The van der Waals surface area contributed by atoms with Crippen LogP contribution in [0.2, 0.25) is 0 Å². The third-order valence-electron chi connectivity index (χ3n) is 2.10. The van der Waals surface area contributed by atoms with Crippen molar-refractivity contribution < 1.29 is 13.2 Å². The lowest BCUT2D eigenvalue weighted by Gasteiger charge is -2.07. The summed E-state index contributed by atoms with van der Waals surface area (Å²) in [5, 5.41) is 0. The first-order valence-corrected chi connectivity index (χ1v) is 6.34. The van der Waals surface area contributed by atoms with Crippen molar-refractivity contribution >= 4 is 15.6 Å². The van der Waals surface area contributed by atoms with Crippen molar-refractivity contribution in [1.29, 1.82) is 0 Å². The average molecular weight is 238 g/mol. The summed E-state index contributed by atoms with van der Waals surface area (Å²) in [5.41, 5.74) is 0.511. The number of carbonyl (C=O) groups is 1. The van der Waals surface area contributed by atoms with E-state index in [1.54, 1.807) is 32.0 Å². The summed E-state index contributed by atoms with van der Waals surface area (Å²) in [5.74, 6) is -0.427. The molecule has 0 heterocycles. The van der Waals surface area contributed by atoms with E-state index in [-0.39, 0.29) is 9.80 Å². The minimum Gasteiger partial charge on any atom is -0.294 e. The van der Waals surface area contributed by atoms with Gasteiger partial charge in [0, 0.05) is 0 Å². The zero-order valence-electron chi connectivity index (χ0n) is 9.52. The van der Waals surface area contributed by atoms with E-state index in [9.17, 15) is 13.2 Å². The molecule has 0 aliphatic rings. The van der Waals surface area contributed by atoms with Gasteiger partial charge in [0.25, 0.3) is 0 Å². The van der Waals surface area contributed by atoms with Gasteiger partial charge in [-0.2, -0.15) is 0 Å². The van der Waals surface area contributed by atoms with Crippen LogP contribution in [0.1, 0.15) is 20.8 Å². The standard InChI is InChI=1S/C12H14O3S/c1-9(2)12(10(3)13)16(14,15)11-7-5-4-6-8-11/h4-8H,1-3H3. The molecule has 3 nitrogen and oxygen atoms in total. The Bertz CT molecular complexity index is 521. The van der Waals surface area contributed by atoms with E-state index in [0.29, 0.717) is 5.57 Å². The van der Waals surface area contributed by atoms with Crippen molar-refractivity contribution in [2.75, 3.05) is 0 Å². The van der Waals surface area contributed by atoms with Crippen LogP contribution >= 0.6 is 0 Å². The van der Waals surface area contributed by atoms with Crippen LogP contribution in [0.3, 0.4) is 0 Å². The van der Waals surface area contributed by atoms with Crippen molar-refractivity contribution in [3.8, 4) is 0 Å². The summed E-state index contributed by atoms with van der Waals surface area (Å²) in [6, 6.07) is 7.97. The number of allylic oxidation sites excluding steroid dienone is 2. The van der Waals surface area contributed by atoms with Crippen LogP contribution in [-0.2, 0) is 14.6 Å². The minimum absolute atomic E-state index is 0.112.